The maximum atomic E-state index is 11.8. The molecule has 2 heterocycles. The maximum absolute atomic E-state index is 11.8. The van der Waals surface area contributed by atoms with Crippen LogP contribution in [-0.4, -0.2) is 26.3 Å². The van der Waals surface area contributed by atoms with Crippen molar-refractivity contribution < 1.29 is 9.26 Å². The molecule has 0 aliphatic rings. The summed E-state index contributed by atoms with van der Waals surface area (Å²) in [7, 11) is 0. The molecule has 0 atom stereocenters. The van der Waals surface area contributed by atoms with E-state index < -0.39 is 5.76 Å². The Morgan fingerprint density at radius 2 is 1.96 bits per heavy atom. The van der Waals surface area contributed by atoms with Gasteiger partial charge in [0.05, 0.1) is 6.61 Å². The molecular weight excluding hydrogens is 296 g/mol. The fourth-order valence-electron chi connectivity index (χ4n) is 2.16. The summed E-state index contributed by atoms with van der Waals surface area (Å²) in [5.41, 5.74) is 1.08. The number of hydrogen-bond acceptors (Lipinski definition) is 6. The molecule has 0 spiro atoms. The lowest BCUT2D eigenvalue weighted by atomic mass is 10.2. The lowest BCUT2D eigenvalue weighted by Gasteiger charge is -2.09. The largest absolute Gasteiger partial charge is 0.493 e. The Balaban J connectivity index is 1.64. The first-order chi connectivity index (χ1) is 11.3. The van der Waals surface area contributed by atoms with Gasteiger partial charge in [-0.2, -0.15) is 0 Å². The molecule has 0 amide bonds. The molecule has 0 saturated heterocycles. The van der Waals surface area contributed by atoms with E-state index >= 15 is 0 Å². The first-order valence-electron chi connectivity index (χ1n) is 7.28. The first-order valence-corrected chi connectivity index (χ1v) is 7.28. The van der Waals surface area contributed by atoms with Crippen molar-refractivity contribution in [2.45, 2.75) is 19.9 Å². The standard InChI is InChI=1S/C16H16N4O3/c1-12-6-2-3-7-13(12)22-11-5-10-20-15(19-23-16(20)21)14-17-8-4-9-18-14/h2-4,6-9H,5,10-11H2,1H3. The predicted molar refractivity (Wildman–Crippen MR) is 83.1 cm³/mol. The van der Waals surface area contributed by atoms with Crippen LogP contribution in [0.1, 0.15) is 12.0 Å². The zero-order valence-electron chi connectivity index (χ0n) is 12.7. The number of aromatic nitrogens is 4. The van der Waals surface area contributed by atoms with Crippen LogP contribution in [0.15, 0.2) is 52.0 Å². The van der Waals surface area contributed by atoms with Gasteiger partial charge in [0.2, 0.25) is 5.82 Å². The Morgan fingerprint density at radius 3 is 2.74 bits per heavy atom. The van der Waals surface area contributed by atoms with Gasteiger partial charge in [-0.1, -0.05) is 23.4 Å². The van der Waals surface area contributed by atoms with Crippen LogP contribution in [0.2, 0.25) is 0 Å². The average molecular weight is 312 g/mol. The SMILES string of the molecule is Cc1ccccc1OCCCn1c(-c2ncccn2)noc1=O. The Bertz CT molecular complexity index is 827. The smallest absolute Gasteiger partial charge is 0.441 e. The Labute approximate surface area is 132 Å². The molecule has 0 saturated carbocycles. The van der Waals surface area contributed by atoms with E-state index in [9.17, 15) is 4.79 Å². The van der Waals surface area contributed by atoms with E-state index in [2.05, 4.69) is 15.1 Å². The number of rotatable bonds is 6. The van der Waals surface area contributed by atoms with Crippen LogP contribution in [0.25, 0.3) is 11.6 Å². The van der Waals surface area contributed by atoms with Crippen molar-refractivity contribution in [2.75, 3.05) is 6.61 Å². The normalized spacial score (nSPS) is 10.7. The van der Waals surface area contributed by atoms with Crippen molar-refractivity contribution in [2.24, 2.45) is 0 Å². The van der Waals surface area contributed by atoms with Crippen molar-refractivity contribution in [1.82, 2.24) is 19.7 Å². The molecule has 7 nitrogen and oxygen atoms in total. The molecular formula is C16H16N4O3. The summed E-state index contributed by atoms with van der Waals surface area (Å²) >= 11 is 0. The minimum absolute atomic E-state index is 0.325. The second-order valence-electron chi connectivity index (χ2n) is 4.96. The Kier molecular flexibility index (Phi) is 4.46. The number of ether oxygens (including phenoxy) is 1. The molecule has 0 N–H and O–H groups in total. The molecule has 3 rings (SSSR count). The van der Waals surface area contributed by atoms with Gasteiger partial charge in [0.25, 0.3) is 0 Å². The minimum atomic E-state index is -0.525. The Hall–Kier alpha value is -2.96. The highest BCUT2D eigenvalue weighted by Crippen LogP contribution is 2.16. The van der Waals surface area contributed by atoms with Crippen LogP contribution in [0.3, 0.4) is 0 Å². The van der Waals surface area contributed by atoms with Gasteiger partial charge in [0.1, 0.15) is 5.75 Å². The van der Waals surface area contributed by atoms with E-state index in [-0.39, 0.29) is 0 Å². The predicted octanol–water partition coefficient (Wildman–Crippen LogP) is 2.07. The third kappa shape index (κ3) is 3.45. The molecule has 2 aromatic heterocycles. The molecule has 118 valence electrons. The average Bonchev–Trinajstić information content (AvgIpc) is 2.95. The van der Waals surface area contributed by atoms with Gasteiger partial charge < -0.3 is 4.74 Å². The molecule has 7 heteroatoms. The summed E-state index contributed by atoms with van der Waals surface area (Å²) in [4.78, 5) is 19.9. The fourth-order valence-corrected chi connectivity index (χ4v) is 2.16. The van der Waals surface area contributed by atoms with Crippen LogP contribution in [0.4, 0.5) is 0 Å². The van der Waals surface area contributed by atoms with Crippen LogP contribution >= 0.6 is 0 Å². The first kappa shape index (κ1) is 15.0. The number of para-hydroxylation sites is 1. The minimum Gasteiger partial charge on any atom is -0.493 e. The van der Waals surface area contributed by atoms with Gasteiger partial charge in [-0.05, 0) is 31.0 Å². The molecule has 0 aliphatic carbocycles. The number of nitrogens with zero attached hydrogens (tertiary/aromatic N) is 4. The van der Waals surface area contributed by atoms with E-state index in [1.54, 1.807) is 18.5 Å². The van der Waals surface area contributed by atoms with Gasteiger partial charge in [-0.3, -0.25) is 9.09 Å². The summed E-state index contributed by atoms with van der Waals surface area (Å²) in [6, 6.07) is 9.50. The zero-order valence-corrected chi connectivity index (χ0v) is 12.7. The summed E-state index contributed by atoms with van der Waals surface area (Å²) in [5, 5.41) is 3.75. The van der Waals surface area contributed by atoms with E-state index in [1.807, 2.05) is 31.2 Å². The molecule has 0 bridgehead atoms. The fraction of sp³-hybridized carbons (Fsp3) is 0.250. The lowest BCUT2D eigenvalue weighted by Crippen LogP contribution is -2.17. The molecule has 23 heavy (non-hydrogen) atoms. The highest BCUT2D eigenvalue weighted by molar-refractivity contribution is 5.41. The van der Waals surface area contributed by atoms with E-state index in [0.29, 0.717) is 31.2 Å². The van der Waals surface area contributed by atoms with Crippen LogP contribution in [0.5, 0.6) is 5.75 Å². The molecule has 0 radical (unpaired) electrons. The summed E-state index contributed by atoms with van der Waals surface area (Å²) in [5.74, 6) is 1.00. The lowest BCUT2D eigenvalue weighted by molar-refractivity contribution is 0.296. The van der Waals surface area contributed by atoms with Gasteiger partial charge >= 0.3 is 5.76 Å². The van der Waals surface area contributed by atoms with E-state index in [0.717, 1.165) is 11.3 Å². The third-order valence-electron chi connectivity index (χ3n) is 3.33. The van der Waals surface area contributed by atoms with Gasteiger partial charge in [-0.15, -0.1) is 0 Å². The molecule has 3 aromatic rings. The molecule has 0 fully saturated rings. The number of hydrogen-bond donors (Lipinski definition) is 0. The highest BCUT2D eigenvalue weighted by Gasteiger charge is 2.14. The van der Waals surface area contributed by atoms with E-state index in [1.165, 1.54) is 4.57 Å². The second kappa shape index (κ2) is 6.87. The molecule has 0 aliphatic heterocycles. The van der Waals surface area contributed by atoms with Crippen molar-refractivity contribution in [1.29, 1.82) is 0 Å². The molecule has 0 unspecified atom stereocenters. The number of benzene rings is 1. The zero-order chi connectivity index (χ0) is 16.1. The van der Waals surface area contributed by atoms with Crippen LogP contribution in [0, 0.1) is 6.92 Å². The van der Waals surface area contributed by atoms with Crippen molar-refractivity contribution in [3.05, 3.63) is 58.8 Å². The van der Waals surface area contributed by atoms with Crippen molar-refractivity contribution in [3.63, 3.8) is 0 Å². The summed E-state index contributed by atoms with van der Waals surface area (Å²) in [6.45, 7) is 2.89. The van der Waals surface area contributed by atoms with Gasteiger partial charge in [0, 0.05) is 18.9 Å². The highest BCUT2D eigenvalue weighted by atomic mass is 16.5. The van der Waals surface area contributed by atoms with E-state index in [4.69, 9.17) is 9.26 Å². The van der Waals surface area contributed by atoms with Crippen molar-refractivity contribution >= 4 is 0 Å². The van der Waals surface area contributed by atoms with Gasteiger partial charge in [-0.25, -0.2) is 14.8 Å². The number of aryl methyl sites for hydroxylation is 1. The second-order valence-corrected chi connectivity index (χ2v) is 4.96. The topological polar surface area (TPSA) is 83.0 Å². The maximum Gasteiger partial charge on any atom is 0.441 e. The van der Waals surface area contributed by atoms with Crippen molar-refractivity contribution in [3.8, 4) is 17.4 Å². The third-order valence-corrected chi connectivity index (χ3v) is 3.33. The summed E-state index contributed by atoms with van der Waals surface area (Å²) < 4.78 is 11.9. The van der Waals surface area contributed by atoms with Crippen LogP contribution in [-0.2, 0) is 6.54 Å². The molecule has 1 aromatic carbocycles. The van der Waals surface area contributed by atoms with Gasteiger partial charge in [0.15, 0.2) is 5.82 Å². The Morgan fingerprint density at radius 1 is 1.17 bits per heavy atom. The quantitative estimate of drug-likeness (QED) is 0.648. The van der Waals surface area contributed by atoms with Crippen LogP contribution < -0.4 is 10.5 Å². The summed E-state index contributed by atoms with van der Waals surface area (Å²) in [6.07, 6.45) is 3.82. The monoisotopic (exact) mass is 312 g/mol.